The molecule has 0 atom stereocenters. The van der Waals surface area contributed by atoms with Gasteiger partial charge in [-0.3, -0.25) is 9.59 Å². The highest BCUT2D eigenvalue weighted by molar-refractivity contribution is 8.00. The Hall–Kier alpha value is -2.93. The zero-order valence-electron chi connectivity index (χ0n) is 17.7. The molecule has 0 radical (unpaired) electrons. The molecule has 2 heterocycles. The van der Waals surface area contributed by atoms with Gasteiger partial charge in [0.15, 0.2) is 0 Å². The van der Waals surface area contributed by atoms with Crippen molar-refractivity contribution in [3.63, 3.8) is 0 Å². The quantitative estimate of drug-likeness (QED) is 0.578. The van der Waals surface area contributed by atoms with Gasteiger partial charge in [0.1, 0.15) is 5.75 Å². The first-order valence-electron chi connectivity index (χ1n) is 10.6. The van der Waals surface area contributed by atoms with Crippen LogP contribution in [0.3, 0.4) is 0 Å². The van der Waals surface area contributed by atoms with Crippen LogP contribution in [0.5, 0.6) is 5.75 Å². The van der Waals surface area contributed by atoms with Crippen molar-refractivity contribution in [1.82, 2.24) is 4.57 Å². The van der Waals surface area contributed by atoms with E-state index < -0.39 is 0 Å². The Kier molecular flexibility index (Phi) is 5.14. The van der Waals surface area contributed by atoms with E-state index >= 15 is 0 Å². The number of nitrogens with one attached hydrogen (secondary N) is 2. The number of nitrogens with zero attached hydrogens (tertiary/aromatic N) is 1. The number of carbonyl (C=O) groups excluding carboxylic acids is 2. The first-order valence-corrected chi connectivity index (χ1v) is 11.6. The minimum atomic E-state index is -0.151. The molecule has 1 saturated carbocycles. The number of carbonyl (C=O) groups is 2. The van der Waals surface area contributed by atoms with Crippen molar-refractivity contribution in [2.45, 2.75) is 43.5 Å². The lowest BCUT2D eigenvalue weighted by atomic mass is 10.1. The lowest BCUT2D eigenvalue weighted by Crippen LogP contribution is -2.19. The maximum Gasteiger partial charge on any atom is 0.258 e. The highest BCUT2D eigenvalue weighted by Crippen LogP contribution is 2.39. The molecule has 1 aliphatic carbocycles. The molecule has 1 fully saturated rings. The predicted molar refractivity (Wildman–Crippen MR) is 124 cm³/mol. The third-order valence-corrected chi connectivity index (χ3v) is 7.32. The number of ether oxygens (including phenoxy) is 1. The molecule has 2 N–H and O–H groups in total. The largest absolute Gasteiger partial charge is 0.497 e. The number of hydrogen-bond acceptors (Lipinski definition) is 4. The van der Waals surface area contributed by atoms with E-state index in [1.54, 1.807) is 7.11 Å². The Morgan fingerprint density at radius 3 is 2.77 bits per heavy atom. The average Bonchev–Trinajstić information content (AvgIpc) is 3.38. The number of amides is 2. The predicted octanol–water partition coefficient (Wildman–Crippen LogP) is 5.37. The molecule has 5 rings (SSSR count). The van der Waals surface area contributed by atoms with Crippen molar-refractivity contribution >= 4 is 45.9 Å². The number of benzene rings is 2. The van der Waals surface area contributed by atoms with Gasteiger partial charge in [0.05, 0.1) is 24.1 Å². The summed E-state index contributed by atoms with van der Waals surface area (Å²) in [5, 5.41) is 6.83. The maximum absolute atomic E-state index is 13.5. The zero-order chi connectivity index (χ0) is 21.5. The van der Waals surface area contributed by atoms with Crippen LogP contribution in [0.1, 0.15) is 47.8 Å². The van der Waals surface area contributed by atoms with Gasteiger partial charge in [-0.25, -0.2) is 0 Å². The Bertz CT molecular complexity index is 1190. The van der Waals surface area contributed by atoms with Crippen LogP contribution >= 0.6 is 11.8 Å². The van der Waals surface area contributed by atoms with Crippen molar-refractivity contribution in [3.8, 4) is 5.75 Å². The summed E-state index contributed by atoms with van der Waals surface area (Å²) in [4.78, 5) is 26.2. The van der Waals surface area contributed by atoms with Crippen molar-refractivity contribution in [3.05, 3.63) is 47.7 Å². The lowest BCUT2D eigenvalue weighted by Gasteiger charge is -2.17. The van der Waals surface area contributed by atoms with E-state index in [1.807, 2.05) is 37.3 Å². The van der Waals surface area contributed by atoms with Gasteiger partial charge < -0.3 is 19.9 Å². The molecule has 1 aliphatic heterocycles. The van der Waals surface area contributed by atoms with Crippen LogP contribution in [0.2, 0.25) is 0 Å². The molecule has 2 aliphatic rings. The second-order valence-corrected chi connectivity index (χ2v) is 9.17. The topological polar surface area (TPSA) is 72.4 Å². The second kappa shape index (κ2) is 7.96. The minimum Gasteiger partial charge on any atom is -0.497 e. The molecule has 31 heavy (non-hydrogen) atoms. The molecule has 2 amide bonds. The Morgan fingerprint density at radius 1 is 1.19 bits per heavy atom. The van der Waals surface area contributed by atoms with E-state index in [0.29, 0.717) is 23.0 Å². The van der Waals surface area contributed by atoms with Gasteiger partial charge >= 0.3 is 0 Å². The van der Waals surface area contributed by atoms with Crippen molar-refractivity contribution in [2.75, 3.05) is 23.5 Å². The Morgan fingerprint density at radius 2 is 2.00 bits per heavy atom. The van der Waals surface area contributed by atoms with E-state index in [4.69, 9.17) is 4.74 Å². The summed E-state index contributed by atoms with van der Waals surface area (Å²) in [6.07, 6.45) is 4.72. The first kappa shape index (κ1) is 20.0. The highest BCUT2D eigenvalue weighted by Gasteiger charge is 2.26. The summed E-state index contributed by atoms with van der Waals surface area (Å²) >= 11 is 1.50. The molecule has 1 aromatic heterocycles. The van der Waals surface area contributed by atoms with Crippen LogP contribution in [0.25, 0.3) is 10.9 Å². The van der Waals surface area contributed by atoms with Crippen molar-refractivity contribution in [2.24, 2.45) is 0 Å². The fourth-order valence-corrected chi connectivity index (χ4v) is 5.61. The van der Waals surface area contributed by atoms with Crippen LogP contribution in [-0.4, -0.2) is 29.2 Å². The van der Waals surface area contributed by atoms with E-state index in [1.165, 1.54) is 24.6 Å². The molecular weight excluding hydrogens is 410 g/mol. The fraction of sp³-hybridized carbons (Fsp3) is 0.333. The number of hydrogen-bond donors (Lipinski definition) is 2. The molecule has 0 bridgehead atoms. The van der Waals surface area contributed by atoms with Gasteiger partial charge in [-0.2, -0.15) is 0 Å². The fourth-order valence-electron chi connectivity index (χ4n) is 4.82. The van der Waals surface area contributed by atoms with Gasteiger partial charge in [0, 0.05) is 33.2 Å². The summed E-state index contributed by atoms with van der Waals surface area (Å²) in [6, 6.07) is 12.0. The number of rotatable bonds is 4. The molecule has 6 nitrogen and oxygen atoms in total. The summed E-state index contributed by atoms with van der Waals surface area (Å²) < 4.78 is 7.77. The monoisotopic (exact) mass is 435 g/mol. The van der Waals surface area contributed by atoms with Gasteiger partial charge in [0.2, 0.25) is 5.91 Å². The Labute approximate surface area is 185 Å². The van der Waals surface area contributed by atoms with Gasteiger partial charge in [-0.15, -0.1) is 11.8 Å². The summed E-state index contributed by atoms with van der Waals surface area (Å²) in [5.74, 6) is 0.977. The van der Waals surface area contributed by atoms with E-state index in [2.05, 4.69) is 21.3 Å². The second-order valence-electron chi connectivity index (χ2n) is 8.15. The molecule has 7 heteroatoms. The standard InChI is InChI=1S/C24H25N3O3S/c1-14-23(24(29)25-15-7-10-21-19(11-15)26-22(28)13-31-21)18-12-17(30-2)8-9-20(18)27(14)16-5-3-4-6-16/h7-12,16H,3-6,13H2,1-2H3,(H,25,29)(H,26,28). The minimum absolute atomic E-state index is 0.0245. The normalized spacial score (nSPS) is 16.3. The zero-order valence-corrected chi connectivity index (χ0v) is 18.5. The average molecular weight is 436 g/mol. The summed E-state index contributed by atoms with van der Waals surface area (Å²) in [6.45, 7) is 2.03. The molecule has 2 aromatic carbocycles. The highest BCUT2D eigenvalue weighted by atomic mass is 32.2. The summed E-state index contributed by atoms with van der Waals surface area (Å²) in [5.41, 5.74) is 4.14. The van der Waals surface area contributed by atoms with Crippen LogP contribution in [0.4, 0.5) is 11.4 Å². The van der Waals surface area contributed by atoms with E-state index in [-0.39, 0.29) is 11.8 Å². The van der Waals surface area contributed by atoms with Crippen LogP contribution in [0, 0.1) is 6.92 Å². The molecule has 0 spiro atoms. The lowest BCUT2D eigenvalue weighted by molar-refractivity contribution is -0.113. The van der Waals surface area contributed by atoms with Crippen LogP contribution < -0.4 is 15.4 Å². The van der Waals surface area contributed by atoms with Gasteiger partial charge in [-0.05, 0) is 56.2 Å². The van der Waals surface area contributed by atoms with E-state index in [9.17, 15) is 9.59 Å². The molecule has 3 aromatic rings. The van der Waals surface area contributed by atoms with Gasteiger partial charge in [-0.1, -0.05) is 12.8 Å². The van der Waals surface area contributed by atoms with E-state index in [0.717, 1.165) is 45.8 Å². The number of anilines is 2. The van der Waals surface area contributed by atoms with Crippen LogP contribution in [-0.2, 0) is 4.79 Å². The third kappa shape index (κ3) is 3.57. The number of thioether (sulfide) groups is 1. The Balaban J connectivity index is 1.54. The smallest absolute Gasteiger partial charge is 0.258 e. The van der Waals surface area contributed by atoms with Crippen molar-refractivity contribution < 1.29 is 14.3 Å². The molecular formula is C24H25N3O3S. The number of aromatic nitrogens is 1. The summed E-state index contributed by atoms with van der Waals surface area (Å²) in [7, 11) is 1.64. The molecule has 160 valence electrons. The first-order chi connectivity index (χ1) is 15.0. The SMILES string of the molecule is COc1ccc2c(c1)c(C(=O)Nc1ccc3c(c1)NC(=O)CS3)c(C)n2C1CCCC1. The third-order valence-electron chi connectivity index (χ3n) is 6.24. The van der Waals surface area contributed by atoms with Crippen molar-refractivity contribution in [1.29, 1.82) is 0 Å². The van der Waals surface area contributed by atoms with Crippen LogP contribution in [0.15, 0.2) is 41.3 Å². The number of fused-ring (bicyclic) bond motifs is 2. The maximum atomic E-state index is 13.5. The number of methoxy groups -OCH3 is 1. The van der Waals surface area contributed by atoms with Gasteiger partial charge in [0.25, 0.3) is 5.91 Å². The molecule has 0 saturated heterocycles. The molecule has 0 unspecified atom stereocenters.